The van der Waals surface area contributed by atoms with E-state index in [1.54, 1.807) is 18.2 Å². The van der Waals surface area contributed by atoms with Gasteiger partial charge in [-0.25, -0.2) is 0 Å². The molecule has 0 unspecified atom stereocenters. The summed E-state index contributed by atoms with van der Waals surface area (Å²) in [5.41, 5.74) is 0. The molecule has 0 radical (unpaired) electrons. The van der Waals surface area contributed by atoms with Gasteiger partial charge in [-0.2, -0.15) is 0 Å². The molecule has 0 saturated heterocycles. The van der Waals surface area contributed by atoms with E-state index < -0.39 is 17.8 Å². The molecule has 0 aliphatic heterocycles. The van der Waals surface area contributed by atoms with Gasteiger partial charge in [-0.15, -0.1) is 11.3 Å². The molecule has 6 nitrogen and oxygen atoms in total. The first-order valence-electron chi connectivity index (χ1n) is 5.82. The molecule has 8 heteroatoms. The molecule has 114 valence electrons. The maximum Gasteiger partial charge on any atom is 0.325 e. The van der Waals surface area contributed by atoms with Crippen molar-refractivity contribution in [2.45, 2.75) is 0 Å². The molecule has 1 aromatic heterocycles. The molecule has 1 amide bonds. The van der Waals surface area contributed by atoms with Crippen LogP contribution in [0.2, 0.25) is 4.34 Å². The van der Waals surface area contributed by atoms with Crippen LogP contribution in [0, 0.1) is 0 Å². The summed E-state index contributed by atoms with van der Waals surface area (Å²) in [4.78, 5) is 36.4. The molecule has 1 heterocycles. The number of amides is 1. The molecule has 0 aliphatic carbocycles. The van der Waals surface area contributed by atoms with E-state index in [9.17, 15) is 14.4 Å². The van der Waals surface area contributed by atoms with Crippen molar-refractivity contribution in [3.63, 3.8) is 0 Å². The largest absolute Gasteiger partial charge is 0.468 e. The molecule has 21 heavy (non-hydrogen) atoms. The lowest BCUT2D eigenvalue weighted by Gasteiger charge is -2.18. The van der Waals surface area contributed by atoms with Crippen LogP contribution in [0.1, 0.15) is 4.88 Å². The van der Waals surface area contributed by atoms with Crippen molar-refractivity contribution in [3.05, 3.63) is 27.4 Å². The van der Waals surface area contributed by atoms with Crippen molar-refractivity contribution >= 4 is 46.9 Å². The fourth-order valence-electron chi connectivity index (χ4n) is 1.33. The molecule has 0 saturated carbocycles. The Morgan fingerprint density at radius 2 is 1.76 bits per heavy atom. The van der Waals surface area contributed by atoms with Gasteiger partial charge in [0.25, 0.3) is 0 Å². The minimum atomic E-state index is -0.625. The molecule has 1 rings (SSSR count). The average molecular weight is 332 g/mol. The number of esters is 2. The number of methoxy groups -OCH3 is 2. The summed E-state index contributed by atoms with van der Waals surface area (Å²) >= 11 is 7.08. The molecular formula is C13H14ClNO5S. The Morgan fingerprint density at radius 3 is 2.19 bits per heavy atom. The zero-order valence-corrected chi connectivity index (χ0v) is 13.1. The molecule has 0 spiro atoms. The smallest absolute Gasteiger partial charge is 0.325 e. The maximum absolute atomic E-state index is 12.0. The minimum Gasteiger partial charge on any atom is -0.468 e. The van der Waals surface area contributed by atoms with E-state index in [4.69, 9.17) is 11.6 Å². The number of hydrogen-bond acceptors (Lipinski definition) is 6. The number of halogens is 1. The van der Waals surface area contributed by atoms with Gasteiger partial charge in [0.1, 0.15) is 13.1 Å². The number of nitrogens with zero attached hydrogens (tertiary/aromatic N) is 1. The van der Waals surface area contributed by atoms with Gasteiger partial charge in [0.05, 0.1) is 18.6 Å². The monoisotopic (exact) mass is 331 g/mol. The molecule has 0 aliphatic rings. The third-order valence-electron chi connectivity index (χ3n) is 2.39. The van der Waals surface area contributed by atoms with Crippen molar-refractivity contribution < 1.29 is 23.9 Å². The van der Waals surface area contributed by atoms with E-state index in [2.05, 4.69) is 9.47 Å². The highest BCUT2D eigenvalue weighted by molar-refractivity contribution is 7.17. The lowest BCUT2D eigenvalue weighted by molar-refractivity contribution is -0.150. The maximum atomic E-state index is 12.0. The molecule has 0 aromatic carbocycles. The third kappa shape index (κ3) is 5.97. The van der Waals surface area contributed by atoms with Gasteiger partial charge in [0.2, 0.25) is 5.91 Å². The van der Waals surface area contributed by atoms with Gasteiger partial charge < -0.3 is 14.4 Å². The first kappa shape index (κ1) is 17.2. The normalized spacial score (nSPS) is 10.4. The first-order valence-corrected chi connectivity index (χ1v) is 7.01. The van der Waals surface area contributed by atoms with E-state index in [-0.39, 0.29) is 13.1 Å². The lowest BCUT2D eigenvalue weighted by atomic mass is 10.3. The Labute approximate surface area is 130 Å². The summed E-state index contributed by atoms with van der Waals surface area (Å²) in [6.07, 6.45) is 2.81. The van der Waals surface area contributed by atoms with Crippen LogP contribution >= 0.6 is 22.9 Å². The number of hydrogen-bond donors (Lipinski definition) is 0. The van der Waals surface area contributed by atoms with E-state index in [1.165, 1.54) is 31.6 Å². The van der Waals surface area contributed by atoms with E-state index in [0.717, 1.165) is 9.78 Å². The summed E-state index contributed by atoms with van der Waals surface area (Å²) in [6, 6.07) is 3.46. The third-order valence-corrected chi connectivity index (χ3v) is 3.59. The minimum absolute atomic E-state index is 0.333. The fourth-order valence-corrected chi connectivity index (χ4v) is 2.29. The van der Waals surface area contributed by atoms with Crippen LogP contribution in [0.4, 0.5) is 0 Å². The summed E-state index contributed by atoms with van der Waals surface area (Å²) in [7, 11) is 2.40. The highest BCUT2D eigenvalue weighted by Gasteiger charge is 2.19. The first-order chi connectivity index (χ1) is 9.96. The Bertz CT molecular complexity index is 537. The number of carbonyl (C=O) groups is 3. The number of ether oxygens (including phenoxy) is 2. The summed E-state index contributed by atoms with van der Waals surface area (Å²) < 4.78 is 9.58. The highest BCUT2D eigenvalue weighted by Crippen LogP contribution is 2.22. The van der Waals surface area contributed by atoms with E-state index >= 15 is 0 Å². The molecular weight excluding hydrogens is 318 g/mol. The number of thiophene rings is 1. The quantitative estimate of drug-likeness (QED) is 0.584. The highest BCUT2D eigenvalue weighted by atomic mass is 35.5. The van der Waals surface area contributed by atoms with E-state index in [0.29, 0.717) is 4.34 Å². The zero-order valence-electron chi connectivity index (χ0n) is 11.5. The topological polar surface area (TPSA) is 72.9 Å². The van der Waals surface area contributed by atoms with Crippen molar-refractivity contribution in [1.82, 2.24) is 4.90 Å². The summed E-state index contributed by atoms with van der Waals surface area (Å²) in [6.45, 7) is -0.667. The van der Waals surface area contributed by atoms with Crippen LogP contribution in [0.25, 0.3) is 6.08 Å². The fraction of sp³-hybridized carbons (Fsp3) is 0.308. The summed E-state index contributed by atoms with van der Waals surface area (Å²) in [5, 5.41) is 0. The van der Waals surface area contributed by atoms with Gasteiger partial charge in [-0.05, 0) is 18.2 Å². The van der Waals surface area contributed by atoms with Crippen LogP contribution in [-0.2, 0) is 23.9 Å². The Hall–Kier alpha value is -1.86. The van der Waals surface area contributed by atoms with Crippen LogP contribution < -0.4 is 0 Å². The molecule has 0 N–H and O–H groups in total. The summed E-state index contributed by atoms with van der Waals surface area (Å²) in [5.74, 6) is -1.75. The Balaban J connectivity index is 2.75. The molecule has 1 aromatic rings. The van der Waals surface area contributed by atoms with Gasteiger partial charge in [0.15, 0.2) is 0 Å². The van der Waals surface area contributed by atoms with Gasteiger partial charge in [0, 0.05) is 11.0 Å². The second-order valence-electron chi connectivity index (χ2n) is 3.82. The molecule has 0 bridgehead atoms. The van der Waals surface area contributed by atoms with Crippen LogP contribution in [0.15, 0.2) is 18.2 Å². The predicted molar refractivity (Wildman–Crippen MR) is 79.0 cm³/mol. The number of rotatable bonds is 6. The van der Waals surface area contributed by atoms with Gasteiger partial charge >= 0.3 is 11.9 Å². The zero-order chi connectivity index (χ0) is 15.8. The van der Waals surface area contributed by atoms with E-state index in [1.807, 2.05) is 0 Å². The van der Waals surface area contributed by atoms with Crippen molar-refractivity contribution in [1.29, 1.82) is 0 Å². The van der Waals surface area contributed by atoms with Crippen molar-refractivity contribution in [3.8, 4) is 0 Å². The van der Waals surface area contributed by atoms with Crippen molar-refractivity contribution in [2.24, 2.45) is 0 Å². The van der Waals surface area contributed by atoms with Crippen LogP contribution in [0.5, 0.6) is 0 Å². The van der Waals surface area contributed by atoms with Crippen LogP contribution in [-0.4, -0.2) is 50.1 Å². The number of carbonyl (C=O) groups excluding carboxylic acids is 3. The Kier molecular flexibility index (Phi) is 6.90. The standard InChI is InChI=1S/C13H14ClNO5S/c1-19-12(17)7-15(8-13(18)20-2)11(16)6-4-9-3-5-10(14)21-9/h3-6H,7-8H2,1-2H3. The second kappa shape index (κ2) is 8.43. The lowest BCUT2D eigenvalue weighted by Crippen LogP contribution is -2.39. The average Bonchev–Trinajstić information content (AvgIpc) is 2.89. The SMILES string of the molecule is COC(=O)CN(CC(=O)OC)C(=O)C=Cc1ccc(Cl)s1. The molecule has 0 atom stereocenters. The van der Waals surface area contributed by atoms with Crippen LogP contribution in [0.3, 0.4) is 0 Å². The Morgan fingerprint density at radius 1 is 1.19 bits per heavy atom. The van der Waals surface area contributed by atoms with Gasteiger partial charge in [-0.3, -0.25) is 14.4 Å². The second-order valence-corrected chi connectivity index (χ2v) is 5.57. The van der Waals surface area contributed by atoms with Crippen molar-refractivity contribution in [2.75, 3.05) is 27.3 Å². The molecule has 0 fully saturated rings. The predicted octanol–water partition coefficient (Wildman–Crippen LogP) is 1.59. The van der Waals surface area contributed by atoms with Gasteiger partial charge in [-0.1, -0.05) is 11.6 Å².